The van der Waals surface area contributed by atoms with Gasteiger partial charge in [0, 0.05) is 31.9 Å². The average Bonchev–Trinajstić information content (AvgIpc) is 3.14. The zero-order chi connectivity index (χ0) is 17.2. The van der Waals surface area contributed by atoms with Crippen LogP contribution in [0.5, 0.6) is 0 Å². The fourth-order valence-corrected chi connectivity index (χ4v) is 4.56. The van der Waals surface area contributed by atoms with Gasteiger partial charge in [0.15, 0.2) is 0 Å². The van der Waals surface area contributed by atoms with Crippen molar-refractivity contribution in [1.82, 2.24) is 14.1 Å². The molecule has 7 nitrogen and oxygen atoms in total. The van der Waals surface area contributed by atoms with Gasteiger partial charge in [0.1, 0.15) is 9.77 Å². The van der Waals surface area contributed by atoms with Crippen molar-refractivity contribution < 1.29 is 17.9 Å². The molecule has 0 amide bonds. The Morgan fingerprint density at radius 1 is 1.48 bits per heavy atom. The molecule has 0 aliphatic rings. The van der Waals surface area contributed by atoms with Gasteiger partial charge in [-0.25, -0.2) is 13.2 Å². The zero-order valence-corrected chi connectivity index (χ0v) is 15.1. The van der Waals surface area contributed by atoms with Crippen molar-refractivity contribution in [2.45, 2.75) is 31.8 Å². The van der Waals surface area contributed by atoms with Crippen molar-refractivity contribution in [3.8, 4) is 0 Å². The number of nitrogens with zero attached hydrogens (tertiary/aromatic N) is 3. The summed E-state index contributed by atoms with van der Waals surface area (Å²) < 4.78 is 33.1. The first-order valence-corrected chi connectivity index (χ1v) is 9.28. The second kappa shape index (κ2) is 6.81. The van der Waals surface area contributed by atoms with Gasteiger partial charge in [-0.15, -0.1) is 11.3 Å². The molecule has 0 unspecified atom stereocenters. The summed E-state index contributed by atoms with van der Waals surface area (Å²) in [6, 6.07) is 1.42. The van der Waals surface area contributed by atoms with E-state index in [0.717, 1.165) is 22.6 Å². The molecular formula is C14H19N3O4S2. The molecule has 126 valence electrons. The first-order valence-electron chi connectivity index (χ1n) is 6.96. The summed E-state index contributed by atoms with van der Waals surface area (Å²) in [4.78, 5) is 11.8. The van der Waals surface area contributed by atoms with Crippen molar-refractivity contribution in [3.63, 3.8) is 0 Å². The van der Waals surface area contributed by atoms with Gasteiger partial charge in [-0.3, -0.25) is 4.68 Å². The lowest BCUT2D eigenvalue weighted by molar-refractivity contribution is 0.0602. The SMILES string of the molecule is CCn1cc(CN(C)S(=O)(=O)c2ccsc2C(=O)OC)c(C)n1. The van der Waals surface area contributed by atoms with Gasteiger partial charge in [0.2, 0.25) is 10.0 Å². The van der Waals surface area contributed by atoms with Gasteiger partial charge in [-0.05, 0) is 25.3 Å². The number of carbonyl (C=O) groups is 1. The Hall–Kier alpha value is -1.71. The monoisotopic (exact) mass is 357 g/mol. The molecule has 0 atom stereocenters. The highest BCUT2D eigenvalue weighted by molar-refractivity contribution is 7.89. The average molecular weight is 357 g/mol. The molecule has 2 aromatic heterocycles. The highest BCUT2D eigenvalue weighted by Crippen LogP contribution is 2.26. The van der Waals surface area contributed by atoms with E-state index in [0.29, 0.717) is 6.54 Å². The van der Waals surface area contributed by atoms with Crippen molar-refractivity contribution in [1.29, 1.82) is 0 Å². The first-order chi connectivity index (χ1) is 10.8. The van der Waals surface area contributed by atoms with Crippen molar-refractivity contribution >= 4 is 27.3 Å². The standard InChI is InChI=1S/C14H19N3O4S2/c1-5-17-9-11(10(2)15-17)8-16(3)23(19,20)12-6-7-22-13(12)14(18)21-4/h6-7,9H,5,8H2,1-4H3. The molecule has 2 rings (SSSR count). The van der Waals surface area contributed by atoms with Crippen LogP contribution in [0.1, 0.15) is 27.9 Å². The van der Waals surface area contributed by atoms with Gasteiger partial charge < -0.3 is 4.74 Å². The molecule has 0 saturated heterocycles. The molecule has 2 heterocycles. The molecule has 0 aliphatic heterocycles. The number of ether oxygens (including phenoxy) is 1. The number of methoxy groups -OCH3 is 1. The van der Waals surface area contributed by atoms with Crippen LogP contribution in [0, 0.1) is 6.92 Å². The van der Waals surface area contributed by atoms with Crippen molar-refractivity contribution in [3.05, 3.63) is 33.8 Å². The predicted molar refractivity (Wildman–Crippen MR) is 86.9 cm³/mol. The summed E-state index contributed by atoms with van der Waals surface area (Å²) in [7, 11) is -1.08. The van der Waals surface area contributed by atoms with E-state index < -0.39 is 16.0 Å². The molecule has 0 N–H and O–H groups in total. The Morgan fingerprint density at radius 3 is 2.74 bits per heavy atom. The summed E-state index contributed by atoms with van der Waals surface area (Å²) in [6.45, 7) is 4.70. The minimum absolute atomic E-state index is 0.0302. The normalized spacial score (nSPS) is 11.9. The van der Waals surface area contributed by atoms with Crippen LogP contribution in [0.25, 0.3) is 0 Å². The molecule has 0 bridgehead atoms. The molecule has 0 fully saturated rings. The van der Waals surface area contributed by atoms with Gasteiger partial charge >= 0.3 is 5.97 Å². The smallest absolute Gasteiger partial charge is 0.349 e. The quantitative estimate of drug-likeness (QED) is 0.737. The molecule has 0 saturated carbocycles. The Kier molecular flexibility index (Phi) is 5.23. The highest BCUT2D eigenvalue weighted by Gasteiger charge is 2.29. The minimum Gasteiger partial charge on any atom is -0.465 e. The number of thiophene rings is 1. The van der Waals surface area contributed by atoms with Crippen LogP contribution in [0.3, 0.4) is 0 Å². The zero-order valence-electron chi connectivity index (χ0n) is 13.4. The van der Waals surface area contributed by atoms with E-state index in [1.54, 1.807) is 10.1 Å². The number of aromatic nitrogens is 2. The maximum absolute atomic E-state index is 12.7. The Morgan fingerprint density at radius 2 is 2.17 bits per heavy atom. The summed E-state index contributed by atoms with van der Waals surface area (Å²) in [5, 5.41) is 5.87. The maximum atomic E-state index is 12.7. The molecule has 0 radical (unpaired) electrons. The fraction of sp³-hybridized carbons (Fsp3) is 0.429. The highest BCUT2D eigenvalue weighted by atomic mass is 32.2. The number of aryl methyl sites for hydroxylation is 2. The lowest BCUT2D eigenvalue weighted by Gasteiger charge is -2.16. The maximum Gasteiger partial charge on any atom is 0.349 e. The van der Waals surface area contributed by atoms with E-state index in [4.69, 9.17) is 0 Å². The van der Waals surface area contributed by atoms with Gasteiger partial charge in [0.25, 0.3) is 0 Å². The van der Waals surface area contributed by atoms with E-state index >= 15 is 0 Å². The number of rotatable bonds is 6. The van der Waals surface area contributed by atoms with E-state index in [1.807, 2.05) is 20.0 Å². The third kappa shape index (κ3) is 3.46. The number of hydrogen-bond acceptors (Lipinski definition) is 6. The van der Waals surface area contributed by atoms with E-state index in [2.05, 4.69) is 9.84 Å². The third-order valence-electron chi connectivity index (χ3n) is 3.45. The molecule has 23 heavy (non-hydrogen) atoms. The Labute approximate surface area is 139 Å². The summed E-state index contributed by atoms with van der Waals surface area (Å²) >= 11 is 1.05. The van der Waals surface area contributed by atoms with Crippen LogP contribution in [-0.2, 0) is 27.8 Å². The largest absolute Gasteiger partial charge is 0.465 e. The number of hydrogen-bond donors (Lipinski definition) is 0. The van der Waals surface area contributed by atoms with Gasteiger partial charge in [-0.2, -0.15) is 9.40 Å². The number of sulfonamides is 1. The van der Waals surface area contributed by atoms with Gasteiger partial charge in [0.05, 0.1) is 12.8 Å². The molecule has 0 aromatic carbocycles. The minimum atomic E-state index is -3.79. The van der Waals surface area contributed by atoms with Crippen LogP contribution in [0.15, 0.2) is 22.5 Å². The lowest BCUT2D eigenvalue weighted by Crippen LogP contribution is -2.27. The number of carbonyl (C=O) groups excluding carboxylic acids is 1. The molecule has 0 aliphatic carbocycles. The van der Waals surface area contributed by atoms with E-state index in [1.165, 1.54) is 24.5 Å². The van der Waals surface area contributed by atoms with Gasteiger partial charge in [-0.1, -0.05) is 0 Å². The molecule has 9 heteroatoms. The van der Waals surface area contributed by atoms with E-state index in [-0.39, 0.29) is 16.3 Å². The molecule has 2 aromatic rings. The second-order valence-electron chi connectivity index (χ2n) is 4.96. The fourth-order valence-electron chi connectivity index (χ4n) is 2.11. The third-order valence-corrected chi connectivity index (χ3v) is 6.32. The van der Waals surface area contributed by atoms with Crippen LogP contribution in [0.2, 0.25) is 0 Å². The van der Waals surface area contributed by atoms with E-state index in [9.17, 15) is 13.2 Å². The van der Waals surface area contributed by atoms with Crippen LogP contribution >= 0.6 is 11.3 Å². The second-order valence-corrected chi connectivity index (χ2v) is 7.89. The molecule has 0 spiro atoms. The lowest BCUT2D eigenvalue weighted by atomic mass is 10.3. The van der Waals surface area contributed by atoms with Crippen molar-refractivity contribution in [2.24, 2.45) is 0 Å². The van der Waals surface area contributed by atoms with Crippen molar-refractivity contribution in [2.75, 3.05) is 14.2 Å². The summed E-state index contributed by atoms with van der Waals surface area (Å²) in [6.07, 6.45) is 1.83. The number of esters is 1. The van der Waals surface area contributed by atoms with Crippen LogP contribution < -0.4 is 0 Å². The molecular weight excluding hydrogens is 338 g/mol. The summed E-state index contributed by atoms with van der Waals surface area (Å²) in [5.41, 5.74) is 1.61. The predicted octanol–water partition coefficient (Wildman–Crippen LogP) is 1.88. The summed E-state index contributed by atoms with van der Waals surface area (Å²) in [5.74, 6) is -0.651. The first kappa shape index (κ1) is 17.6. The van der Waals surface area contributed by atoms with Crippen LogP contribution in [0.4, 0.5) is 0 Å². The Bertz CT molecular complexity index is 808. The topological polar surface area (TPSA) is 81.5 Å². The van der Waals surface area contributed by atoms with Crippen LogP contribution in [-0.4, -0.2) is 42.6 Å². The Balaban J connectivity index is 2.30.